The summed E-state index contributed by atoms with van der Waals surface area (Å²) >= 11 is 0. The third-order valence-corrected chi connectivity index (χ3v) is 4.24. The molecule has 3 heterocycles. The number of aromatic nitrogens is 3. The Labute approximate surface area is 151 Å². The van der Waals surface area contributed by atoms with E-state index in [2.05, 4.69) is 25.2 Å². The molecular weight excluding hydrogens is 334 g/mol. The molecule has 2 aromatic heterocycles. The molecule has 0 radical (unpaired) electrons. The van der Waals surface area contributed by atoms with Crippen LogP contribution in [0.15, 0.2) is 35.4 Å². The summed E-state index contributed by atoms with van der Waals surface area (Å²) in [5.41, 5.74) is 1.34. The standard InChI is InChI=1S/C18H23N5O3/c1-13-11-16(24)22-15(21-13)4-6-20-18(25)17(14-3-2-5-19-12-14)23-7-9-26-10-8-23/h2-3,5,11-12,17H,4,6-10H2,1H3,(H,20,25)(H,21,22,24)/t17-/m1/s1. The lowest BCUT2D eigenvalue weighted by Gasteiger charge is -2.33. The van der Waals surface area contributed by atoms with E-state index in [1.165, 1.54) is 6.07 Å². The molecule has 0 unspecified atom stereocenters. The fraction of sp³-hybridized carbons (Fsp3) is 0.444. The Morgan fingerprint density at radius 3 is 2.92 bits per heavy atom. The van der Waals surface area contributed by atoms with E-state index in [0.717, 1.165) is 5.56 Å². The predicted molar refractivity (Wildman–Crippen MR) is 95.7 cm³/mol. The van der Waals surface area contributed by atoms with Crippen molar-refractivity contribution in [2.75, 3.05) is 32.8 Å². The van der Waals surface area contributed by atoms with Gasteiger partial charge in [-0.15, -0.1) is 0 Å². The number of hydrogen-bond donors (Lipinski definition) is 2. The lowest BCUT2D eigenvalue weighted by Crippen LogP contribution is -2.46. The molecule has 0 aliphatic carbocycles. The molecule has 1 aliphatic rings. The molecule has 2 N–H and O–H groups in total. The molecule has 26 heavy (non-hydrogen) atoms. The number of carbonyl (C=O) groups is 1. The fourth-order valence-corrected chi connectivity index (χ4v) is 3.06. The first kappa shape index (κ1) is 18.2. The Bertz CT molecular complexity index is 787. The van der Waals surface area contributed by atoms with Crippen LogP contribution in [0.1, 0.15) is 23.1 Å². The number of amides is 1. The molecule has 0 aromatic carbocycles. The van der Waals surface area contributed by atoms with Crippen LogP contribution in [0, 0.1) is 6.92 Å². The first-order valence-electron chi connectivity index (χ1n) is 8.70. The minimum absolute atomic E-state index is 0.0881. The molecule has 1 fully saturated rings. The third-order valence-electron chi connectivity index (χ3n) is 4.24. The first-order chi connectivity index (χ1) is 12.6. The van der Waals surface area contributed by atoms with Crippen LogP contribution in [-0.2, 0) is 16.0 Å². The molecule has 138 valence electrons. The third kappa shape index (κ3) is 4.74. The molecule has 3 rings (SSSR count). The van der Waals surface area contributed by atoms with Crippen molar-refractivity contribution in [1.29, 1.82) is 0 Å². The molecule has 1 aliphatic heterocycles. The van der Waals surface area contributed by atoms with Crippen LogP contribution in [0.25, 0.3) is 0 Å². The van der Waals surface area contributed by atoms with E-state index in [1.54, 1.807) is 19.3 Å². The van der Waals surface area contributed by atoms with Crippen molar-refractivity contribution in [1.82, 2.24) is 25.2 Å². The van der Waals surface area contributed by atoms with E-state index in [-0.39, 0.29) is 11.5 Å². The average molecular weight is 357 g/mol. The van der Waals surface area contributed by atoms with Gasteiger partial charge in [-0.25, -0.2) is 4.98 Å². The molecule has 0 bridgehead atoms. The van der Waals surface area contributed by atoms with Gasteiger partial charge < -0.3 is 15.0 Å². The molecule has 8 heteroatoms. The molecule has 0 spiro atoms. The van der Waals surface area contributed by atoms with E-state index in [0.29, 0.717) is 50.8 Å². The highest BCUT2D eigenvalue weighted by atomic mass is 16.5. The second-order valence-corrected chi connectivity index (χ2v) is 6.21. The molecular formula is C18H23N5O3. The Morgan fingerprint density at radius 1 is 1.42 bits per heavy atom. The summed E-state index contributed by atoms with van der Waals surface area (Å²) in [6, 6.07) is 4.78. The van der Waals surface area contributed by atoms with Gasteiger partial charge in [0.15, 0.2) is 0 Å². The minimum Gasteiger partial charge on any atom is -0.379 e. The lowest BCUT2D eigenvalue weighted by molar-refractivity contribution is -0.128. The number of nitrogens with one attached hydrogen (secondary N) is 2. The Hall–Kier alpha value is -2.58. The van der Waals surface area contributed by atoms with E-state index in [1.807, 2.05) is 12.1 Å². The monoisotopic (exact) mass is 357 g/mol. The lowest BCUT2D eigenvalue weighted by atomic mass is 10.1. The topological polar surface area (TPSA) is 100 Å². The van der Waals surface area contributed by atoms with Crippen molar-refractivity contribution >= 4 is 5.91 Å². The molecule has 0 saturated carbocycles. The highest BCUT2D eigenvalue weighted by molar-refractivity contribution is 5.83. The van der Waals surface area contributed by atoms with Crippen LogP contribution in [0.5, 0.6) is 0 Å². The van der Waals surface area contributed by atoms with Crippen molar-refractivity contribution < 1.29 is 9.53 Å². The van der Waals surface area contributed by atoms with E-state index in [4.69, 9.17) is 4.74 Å². The first-order valence-corrected chi connectivity index (χ1v) is 8.70. The zero-order valence-corrected chi connectivity index (χ0v) is 14.8. The van der Waals surface area contributed by atoms with Gasteiger partial charge in [0, 0.05) is 50.2 Å². The highest BCUT2D eigenvalue weighted by Crippen LogP contribution is 2.21. The summed E-state index contributed by atoms with van der Waals surface area (Å²) in [5, 5.41) is 2.95. The highest BCUT2D eigenvalue weighted by Gasteiger charge is 2.29. The van der Waals surface area contributed by atoms with Gasteiger partial charge in [-0.2, -0.15) is 0 Å². The number of H-pyrrole nitrogens is 1. The number of pyridine rings is 1. The maximum absolute atomic E-state index is 12.9. The van der Waals surface area contributed by atoms with Gasteiger partial charge in [-0.1, -0.05) is 6.07 Å². The largest absolute Gasteiger partial charge is 0.379 e. The summed E-state index contributed by atoms with van der Waals surface area (Å²) in [6.07, 6.45) is 3.88. The van der Waals surface area contributed by atoms with Gasteiger partial charge in [-0.05, 0) is 18.6 Å². The van der Waals surface area contributed by atoms with Gasteiger partial charge in [0.25, 0.3) is 5.56 Å². The molecule has 1 saturated heterocycles. The SMILES string of the molecule is Cc1cc(=O)[nH]c(CCNC(=O)[C@@H](c2cccnc2)N2CCOCC2)n1. The number of aryl methyl sites for hydroxylation is 1. The van der Waals surface area contributed by atoms with Crippen molar-refractivity contribution in [3.63, 3.8) is 0 Å². The Kier molecular flexibility index (Phi) is 6.08. The van der Waals surface area contributed by atoms with Crippen molar-refractivity contribution in [3.05, 3.63) is 58.0 Å². The Morgan fingerprint density at radius 2 is 2.23 bits per heavy atom. The van der Waals surface area contributed by atoms with Gasteiger partial charge >= 0.3 is 0 Å². The number of aromatic amines is 1. The fourth-order valence-electron chi connectivity index (χ4n) is 3.06. The van der Waals surface area contributed by atoms with Crippen molar-refractivity contribution in [2.24, 2.45) is 0 Å². The van der Waals surface area contributed by atoms with Crippen LogP contribution in [0.3, 0.4) is 0 Å². The van der Waals surface area contributed by atoms with Gasteiger partial charge in [0.2, 0.25) is 5.91 Å². The van der Waals surface area contributed by atoms with E-state index < -0.39 is 6.04 Å². The van der Waals surface area contributed by atoms with Gasteiger partial charge in [0.05, 0.1) is 13.2 Å². The molecule has 1 amide bonds. The second kappa shape index (κ2) is 8.68. The average Bonchev–Trinajstić information content (AvgIpc) is 2.63. The Balaban J connectivity index is 1.66. The summed E-state index contributed by atoms with van der Waals surface area (Å²) in [4.78, 5) is 37.6. The number of rotatable bonds is 6. The van der Waals surface area contributed by atoms with E-state index >= 15 is 0 Å². The van der Waals surface area contributed by atoms with Crippen LogP contribution >= 0.6 is 0 Å². The molecule has 2 aromatic rings. The second-order valence-electron chi connectivity index (χ2n) is 6.21. The summed E-state index contributed by atoms with van der Waals surface area (Å²) in [6.45, 7) is 4.77. The van der Waals surface area contributed by atoms with Crippen LogP contribution in [-0.4, -0.2) is 58.6 Å². The van der Waals surface area contributed by atoms with E-state index in [9.17, 15) is 9.59 Å². The quantitative estimate of drug-likeness (QED) is 0.766. The normalized spacial score (nSPS) is 16.2. The van der Waals surface area contributed by atoms with Crippen LogP contribution in [0.4, 0.5) is 0 Å². The zero-order valence-electron chi connectivity index (χ0n) is 14.8. The maximum Gasteiger partial charge on any atom is 0.251 e. The van der Waals surface area contributed by atoms with Crippen molar-refractivity contribution in [3.8, 4) is 0 Å². The summed E-state index contributed by atoms with van der Waals surface area (Å²) in [5.74, 6) is 0.481. The zero-order chi connectivity index (χ0) is 18.4. The summed E-state index contributed by atoms with van der Waals surface area (Å²) < 4.78 is 5.40. The maximum atomic E-state index is 12.9. The predicted octanol–water partition coefficient (Wildman–Crippen LogP) is 0.206. The van der Waals surface area contributed by atoms with Gasteiger partial charge in [-0.3, -0.25) is 19.5 Å². The number of hydrogen-bond acceptors (Lipinski definition) is 6. The number of nitrogens with zero attached hydrogens (tertiary/aromatic N) is 3. The van der Waals surface area contributed by atoms with Gasteiger partial charge in [0.1, 0.15) is 11.9 Å². The number of carbonyl (C=O) groups excluding carboxylic acids is 1. The minimum atomic E-state index is -0.405. The molecule has 8 nitrogen and oxygen atoms in total. The number of ether oxygens (including phenoxy) is 1. The van der Waals surface area contributed by atoms with Crippen LogP contribution in [0.2, 0.25) is 0 Å². The number of morpholine rings is 1. The van der Waals surface area contributed by atoms with Crippen molar-refractivity contribution in [2.45, 2.75) is 19.4 Å². The molecule has 1 atom stereocenters. The smallest absolute Gasteiger partial charge is 0.251 e. The summed E-state index contributed by atoms with van der Waals surface area (Å²) in [7, 11) is 0. The van der Waals surface area contributed by atoms with Crippen LogP contribution < -0.4 is 10.9 Å².